The number of aliphatic hydroxyl groups is 1. The van der Waals surface area contributed by atoms with Gasteiger partial charge in [0.1, 0.15) is 18.4 Å². The Labute approximate surface area is 130 Å². The summed E-state index contributed by atoms with van der Waals surface area (Å²) in [5, 5.41) is 25.0. The number of nitrogens with zero attached hydrogens (tertiary/aromatic N) is 3. The van der Waals surface area contributed by atoms with E-state index in [0.29, 0.717) is 6.54 Å². The monoisotopic (exact) mass is 301 g/mol. The molecule has 0 aliphatic heterocycles. The summed E-state index contributed by atoms with van der Waals surface area (Å²) < 4.78 is 1.72. The Morgan fingerprint density at radius 2 is 2.00 bits per heavy atom. The molecule has 1 fully saturated rings. The van der Waals surface area contributed by atoms with Crippen molar-refractivity contribution in [2.75, 3.05) is 0 Å². The van der Waals surface area contributed by atoms with Gasteiger partial charge in [-0.25, -0.2) is 4.98 Å². The highest BCUT2D eigenvalue weighted by atomic mass is 16.3. The maximum Gasteiger partial charge on any atom is 0.137 e. The first-order valence-corrected chi connectivity index (χ1v) is 7.73. The molecule has 0 saturated heterocycles. The number of phenolic OH excluding ortho intramolecular Hbond substituents is 1. The van der Waals surface area contributed by atoms with Crippen LogP contribution >= 0.6 is 0 Å². The number of phenols is 1. The van der Waals surface area contributed by atoms with Crippen molar-refractivity contribution in [2.24, 2.45) is 11.3 Å². The molecule has 118 valence electrons. The molecule has 2 unspecified atom stereocenters. The number of benzene rings is 1. The molecular formula is C17H23N3O2. The Hall–Kier alpha value is -1.88. The van der Waals surface area contributed by atoms with Crippen LogP contribution < -0.4 is 0 Å². The Bertz CT molecular complexity index is 622. The Balaban J connectivity index is 1.84. The highest BCUT2D eigenvalue weighted by molar-refractivity contribution is 5.27. The largest absolute Gasteiger partial charge is 0.508 e. The third-order valence-corrected chi connectivity index (χ3v) is 5.25. The van der Waals surface area contributed by atoms with Crippen LogP contribution in [0, 0.1) is 11.3 Å². The maximum absolute atomic E-state index is 11.4. The summed E-state index contributed by atoms with van der Waals surface area (Å²) >= 11 is 0. The van der Waals surface area contributed by atoms with Gasteiger partial charge in [-0.2, -0.15) is 5.10 Å². The summed E-state index contributed by atoms with van der Waals surface area (Å²) in [5.41, 5.74) is 0.150. The van der Waals surface area contributed by atoms with E-state index in [-0.39, 0.29) is 17.1 Å². The van der Waals surface area contributed by atoms with E-state index in [2.05, 4.69) is 23.9 Å². The molecule has 1 aliphatic rings. The average molecular weight is 301 g/mol. The molecule has 1 aromatic carbocycles. The van der Waals surface area contributed by atoms with Gasteiger partial charge in [-0.05, 0) is 48.3 Å². The molecule has 0 radical (unpaired) electrons. The lowest BCUT2D eigenvalue weighted by Gasteiger charge is -2.40. The van der Waals surface area contributed by atoms with Crippen LogP contribution in [-0.2, 0) is 13.0 Å². The zero-order valence-electron chi connectivity index (χ0n) is 13.1. The minimum Gasteiger partial charge on any atom is -0.508 e. The van der Waals surface area contributed by atoms with Crippen LogP contribution in [-0.4, -0.2) is 30.6 Å². The highest BCUT2D eigenvalue weighted by Gasteiger charge is 2.54. The van der Waals surface area contributed by atoms with Gasteiger partial charge in [0.05, 0.1) is 12.1 Å². The summed E-state index contributed by atoms with van der Waals surface area (Å²) in [4.78, 5) is 3.97. The van der Waals surface area contributed by atoms with E-state index in [4.69, 9.17) is 0 Å². The van der Waals surface area contributed by atoms with E-state index in [1.54, 1.807) is 23.1 Å². The van der Waals surface area contributed by atoms with Crippen LogP contribution in [0.2, 0.25) is 0 Å². The van der Waals surface area contributed by atoms with Crippen LogP contribution in [0.4, 0.5) is 0 Å². The van der Waals surface area contributed by atoms with E-state index >= 15 is 0 Å². The van der Waals surface area contributed by atoms with Gasteiger partial charge in [0.15, 0.2) is 0 Å². The van der Waals surface area contributed by atoms with Crippen LogP contribution in [0.25, 0.3) is 0 Å². The first-order valence-electron chi connectivity index (χ1n) is 7.73. The fraction of sp³-hybridized carbons (Fsp3) is 0.529. The smallest absolute Gasteiger partial charge is 0.137 e. The second-order valence-electron chi connectivity index (χ2n) is 7.01. The highest BCUT2D eigenvalue weighted by Crippen LogP contribution is 2.51. The SMILES string of the molecule is CC1(C)CCC(Cc2ccc(O)cc2)C1(O)Cn1cncn1. The molecule has 2 N–H and O–H groups in total. The van der Waals surface area contributed by atoms with Crippen molar-refractivity contribution in [1.82, 2.24) is 14.8 Å². The van der Waals surface area contributed by atoms with Crippen LogP contribution in [0.3, 0.4) is 0 Å². The van der Waals surface area contributed by atoms with E-state index in [0.717, 1.165) is 24.8 Å². The Kier molecular flexibility index (Phi) is 3.68. The molecule has 22 heavy (non-hydrogen) atoms. The van der Waals surface area contributed by atoms with Gasteiger partial charge in [-0.15, -0.1) is 0 Å². The van der Waals surface area contributed by atoms with Crippen LogP contribution in [0.1, 0.15) is 32.3 Å². The van der Waals surface area contributed by atoms with E-state index in [9.17, 15) is 10.2 Å². The molecule has 3 rings (SSSR count). The number of hydrogen-bond acceptors (Lipinski definition) is 4. The molecule has 2 atom stereocenters. The molecular weight excluding hydrogens is 278 g/mol. The second kappa shape index (κ2) is 5.39. The van der Waals surface area contributed by atoms with Gasteiger partial charge in [-0.3, -0.25) is 4.68 Å². The standard InChI is InChI=1S/C17H23N3O2/c1-16(2)8-7-14(9-13-3-5-15(21)6-4-13)17(16,22)10-20-12-18-11-19-20/h3-6,11-12,14,21-22H,7-10H2,1-2H3. The number of rotatable bonds is 4. The molecule has 0 bridgehead atoms. The summed E-state index contributed by atoms with van der Waals surface area (Å²) in [6, 6.07) is 7.25. The van der Waals surface area contributed by atoms with Crippen LogP contribution in [0.5, 0.6) is 5.75 Å². The quantitative estimate of drug-likeness (QED) is 0.909. The van der Waals surface area contributed by atoms with E-state index in [1.165, 1.54) is 6.33 Å². The Morgan fingerprint density at radius 3 is 2.64 bits per heavy atom. The lowest BCUT2D eigenvalue weighted by molar-refractivity contribution is -0.0907. The zero-order valence-corrected chi connectivity index (χ0v) is 13.1. The lowest BCUT2D eigenvalue weighted by Crippen LogP contribution is -2.49. The topological polar surface area (TPSA) is 71.2 Å². The van der Waals surface area contributed by atoms with Crippen molar-refractivity contribution >= 4 is 0 Å². The number of hydrogen-bond donors (Lipinski definition) is 2. The van der Waals surface area contributed by atoms with Gasteiger partial charge in [0.2, 0.25) is 0 Å². The first-order chi connectivity index (χ1) is 10.4. The summed E-state index contributed by atoms with van der Waals surface area (Å²) in [7, 11) is 0. The van der Waals surface area contributed by atoms with Crippen molar-refractivity contribution in [3.63, 3.8) is 0 Å². The zero-order chi connectivity index (χ0) is 15.8. The molecule has 1 saturated carbocycles. The number of aromatic hydroxyl groups is 1. The fourth-order valence-corrected chi connectivity index (χ4v) is 3.63. The average Bonchev–Trinajstić information content (AvgIpc) is 3.04. The van der Waals surface area contributed by atoms with E-state index in [1.807, 2.05) is 12.1 Å². The molecule has 5 heteroatoms. The lowest BCUT2D eigenvalue weighted by atomic mass is 9.72. The second-order valence-corrected chi connectivity index (χ2v) is 7.01. The molecule has 0 spiro atoms. The molecule has 1 heterocycles. The van der Waals surface area contributed by atoms with Gasteiger partial charge >= 0.3 is 0 Å². The predicted molar refractivity (Wildman–Crippen MR) is 83.3 cm³/mol. The third kappa shape index (κ3) is 2.61. The molecule has 2 aromatic rings. The van der Waals surface area contributed by atoms with Crippen molar-refractivity contribution in [3.8, 4) is 5.75 Å². The van der Waals surface area contributed by atoms with Crippen molar-refractivity contribution < 1.29 is 10.2 Å². The molecule has 1 aromatic heterocycles. The third-order valence-electron chi connectivity index (χ3n) is 5.25. The summed E-state index contributed by atoms with van der Waals surface area (Å²) in [6.07, 6.45) is 5.93. The van der Waals surface area contributed by atoms with Crippen molar-refractivity contribution in [1.29, 1.82) is 0 Å². The van der Waals surface area contributed by atoms with Crippen molar-refractivity contribution in [2.45, 2.75) is 45.3 Å². The van der Waals surface area contributed by atoms with E-state index < -0.39 is 5.60 Å². The molecule has 0 amide bonds. The van der Waals surface area contributed by atoms with Crippen molar-refractivity contribution in [3.05, 3.63) is 42.5 Å². The first kappa shape index (κ1) is 15.0. The minimum absolute atomic E-state index is 0.163. The van der Waals surface area contributed by atoms with Gasteiger partial charge in [-0.1, -0.05) is 26.0 Å². The van der Waals surface area contributed by atoms with Crippen LogP contribution in [0.15, 0.2) is 36.9 Å². The minimum atomic E-state index is -0.821. The number of aromatic nitrogens is 3. The summed E-state index contributed by atoms with van der Waals surface area (Å²) in [6.45, 7) is 4.71. The van der Waals surface area contributed by atoms with Gasteiger partial charge in [0, 0.05) is 0 Å². The molecule has 5 nitrogen and oxygen atoms in total. The Morgan fingerprint density at radius 1 is 1.27 bits per heavy atom. The summed E-state index contributed by atoms with van der Waals surface area (Å²) in [5.74, 6) is 0.435. The molecule has 1 aliphatic carbocycles. The van der Waals surface area contributed by atoms with Gasteiger partial charge < -0.3 is 10.2 Å². The fourth-order valence-electron chi connectivity index (χ4n) is 3.63. The normalized spacial score (nSPS) is 27.1. The predicted octanol–water partition coefficient (Wildman–Crippen LogP) is 2.39. The maximum atomic E-state index is 11.4. The van der Waals surface area contributed by atoms with Gasteiger partial charge in [0.25, 0.3) is 0 Å².